The summed E-state index contributed by atoms with van der Waals surface area (Å²) < 4.78 is 4.64. The van der Waals surface area contributed by atoms with Gasteiger partial charge in [-0.2, -0.15) is 0 Å². The molecule has 4 nitrogen and oxygen atoms in total. The molecule has 4 heteroatoms. The van der Waals surface area contributed by atoms with Crippen LogP contribution in [0.15, 0.2) is 36.4 Å². The van der Waals surface area contributed by atoms with E-state index < -0.39 is 5.97 Å². The maximum Gasteiger partial charge on any atom is 0.337 e. The maximum atomic E-state index is 11.4. The number of fused-ring (bicyclic) bond motifs is 1. The van der Waals surface area contributed by atoms with Crippen LogP contribution in [0.3, 0.4) is 0 Å². The molecule has 0 aliphatic carbocycles. The minimum Gasteiger partial charge on any atom is -0.481 e. The Hall–Kier alpha value is -2.36. The minimum atomic E-state index is -0.861. The summed E-state index contributed by atoms with van der Waals surface area (Å²) in [4.78, 5) is 22.0. The molecular weight excluding hydrogens is 232 g/mol. The van der Waals surface area contributed by atoms with Crippen LogP contribution in [-0.2, 0) is 16.0 Å². The number of carboxylic acids is 1. The molecule has 18 heavy (non-hydrogen) atoms. The van der Waals surface area contributed by atoms with Crippen LogP contribution in [0.5, 0.6) is 0 Å². The lowest BCUT2D eigenvalue weighted by Gasteiger charge is -2.04. The molecule has 0 heterocycles. The Kier molecular flexibility index (Phi) is 3.28. The average Bonchev–Trinajstić information content (AvgIpc) is 2.36. The van der Waals surface area contributed by atoms with Crippen LogP contribution in [-0.4, -0.2) is 24.2 Å². The van der Waals surface area contributed by atoms with Gasteiger partial charge in [-0.05, 0) is 28.5 Å². The molecule has 0 aliphatic heterocycles. The van der Waals surface area contributed by atoms with E-state index in [9.17, 15) is 9.59 Å². The van der Waals surface area contributed by atoms with E-state index in [4.69, 9.17) is 5.11 Å². The number of hydrogen-bond donors (Lipinski definition) is 1. The van der Waals surface area contributed by atoms with Gasteiger partial charge in [0.1, 0.15) is 0 Å². The number of ether oxygens (including phenoxy) is 1. The lowest BCUT2D eigenvalue weighted by molar-refractivity contribution is -0.136. The fraction of sp³-hybridized carbons (Fsp3) is 0.143. The van der Waals surface area contributed by atoms with E-state index >= 15 is 0 Å². The molecule has 1 N–H and O–H groups in total. The zero-order chi connectivity index (χ0) is 13.1. The molecule has 0 aromatic heterocycles. The van der Waals surface area contributed by atoms with E-state index in [1.807, 2.05) is 6.07 Å². The summed E-state index contributed by atoms with van der Waals surface area (Å²) >= 11 is 0. The fourth-order valence-electron chi connectivity index (χ4n) is 1.82. The van der Waals surface area contributed by atoms with Crippen LogP contribution in [0.1, 0.15) is 15.9 Å². The van der Waals surface area contributed by atoms with Crippen molar-refractivity contribution in [2.24, 2.45) is 0 Å². The van der Waals surface area contributed by atoms with Crippen LogP contribution in [0, 0.1) is 0 Å². The van der Waals surface area contributed by atoms with E-state index in [0.717, 1.165) is 16.3 Å². The number of carboxylic acid groups (broad SMARTS) is 1. The summed E-state index contributed by atoms with van der Waals surface area (Å²) in [7, 11) is 1.34. The highest BCUT2D eigenvalue weighted by Gasteiger charge is 2.07. The molecule has 0 bridgehead atoms. The molecule has 0 atom stereocenters. The summed E-state index contributed by atoms with van der Waals surface area (Å²) in [5.41, 5.74) is 1.22. The van der Waals surface area contributed by atoms with Gasteiger partial charge < -0.3 is 9.84 Å². The summed E-state index contributed by atoms with van der Waals surface area (Å²) in [5.74, 6) is -1.24. The summed E-state index contributed by atoms with van der Waals surface area (Å²) in [6, 6.07) is 10.5. The number of hydrogen-bond acceptors (Lipinski definition) is 3. The Bertz CT molecular complexity index is 616. The Morgan fingerprint density at radius 3 is 2.44 bits per heavy atom. The van der Waals surface area contributed by atoms with Crippen molar-refractivity contribution < 1.29 is 19.4 Å². The van der Waals surface area contributed by atoms with E-state index in [1.165, 1.54) is 7.11 Å². The standard InChI is InChI=1S/C14H12O4/c1-18-14(17)12-5-4-10-6-9(7-13(15)16)2-3-11(10)8-12/h2-6,8H,7H2,1H3,(H,15,16). The molecular formula is C14H12O4. The first-order chi connectivity index (χ1) is 8.60. The van der Waals surface area contributed by atoms with Gasteiger partial charge >= 0.3 is 11.9 Å². The smallest absolute Gasteiger partial charge is 0.337 e. The van der Waals surface area contributed by atoms with Crippen molar-refractivity contribution in [1.82, 2.24) is 0 Å². The van der Waals surface area contributed by atoms with Gasteiger partial charge in [0.25, 0.3) is 0 Å². The largest absolute Gasteiger partial charge is 0.481 e. The van der Waals surface area contributed by atoms with Crippen LogP contribution in [0.2, 0.25) is 0 Å². The quantitative estimate of drug-likeness (QED) is 0.841. The van der Waals surface area contributed by atoms with E-state index in [-0.39, 0.29) is 12.4 Å². The van der Waals surface area contributed by atoms with Gasteiger partial charge in [0.05, 0.1) is 19.1 Å². The Balaban J connectivity index is 2.41. The number of methoxy groups -OCH3 is 1. The predicted molar refractivity (Wildman–Crippen MR) is 66.6 cm³/mol. The highest BCUT2D eigenvalue weighted by Crippen LogP contribution is 2.18. The van der Waals surface area contributed by atoms with Gasteiger partial charge in [0, 0.05) is 0 Å². The van der Waals surface area contributed by atoms with Crippen molar-refractivity contribution in [2.75, 3.05) is 7.11 Å². The third-order valence-electron chi connectivity index (χ3n) is 2.68. The lowest BCUT2D eigenvalue weighted by atomic mass is 10.0. The topological polar surface area (TPSA) is 63.6 Å². The molecule has 0 saturated carbocycles. The van der Waals surface area contributed by atoms with E-state index in [2.05, 4.69) is 4.74 Å². The van der Waals surface area contributed by atoms with Gasteiger partial charge in [-0.1, -0.05) is 24.3 Å². The normalized spacial score (nSPS) is 10.3. The van der Waals surface area contributed by atoms with Gasteiger partial charge in [-0.25, -0.2) is 4.79 Å². The predicted octanol–water partition coefficient (Wildman–Crippen LogP) is 2.25. The number of carbonyl (C=O) groups excluding carboxylic acids is 1. The second kappa shape index (κ2) is 4.87. The Morgan fingerprint density at radius 2 is 1.78 bits per heavy atom. The summed E-state index contributed by atoms with van der Waals surface area (Å²) in [6.45, 7) is 0. The first-order valence-electron chi connectivity index (χ1n) is 5.43. The highest BCUT2D eigenvalue weighted by molar-refractivity contribution is 5.95. The first kappa shape index (κ1) is 12.1. The van der Waals surface area contributed by atoms with Crippen LogP contribution in [0.25, 0.3) is 10.8 Å². The van der Waals surface area contributed by atoms with Crippen molar-refractivity contribution in [3.05, 3.63) is 47.5 Å². The van der Waals surface area contributed by atoms with Gasteiger partial charge in [-0.15, -0.1) is 0 Å². The molecule has 2 rings (SSSR count). The molecule has 2 aromatic carbocycles. The van der Waals surface area contributed by atoms with Crippen molar-refractivity contribution in [3.8, 4) is 0 Å². The molecule has 0 amide bonds. The molecule has 0 aliphatic rings. The molecule has 0 radical (unpaired) electrons. The van der Waals surface area contributed by atoms with Gasteiger partial charge in [-0.3, -0.25) is 4.79 Å². The second-order valence-electron chi connectivity index (χ2n) is 3.96. The van der Waals surface area contributed by atoms with Gasteiger partial charge in [0.2, 0.25) is 0 Å². The SMILES string of the molecule is COC(=O)c1ccc2cc(CC(=O)O)ccc2c1. The zero-order valence-electron chi connectivity index (χ0n) is 9.84. The van der Waals surface area contributed by atoms with E-state index in [0.29, 0.717) is 5.56 Å². The molecule has 0 saturated heterocycles. The average molecular weight is 244 g/mol. The van der Waals surface area contributed by atoms with Crippen molar-refractivity contribution >= 4 is 22.7 Å². The summed E-state index contributed by atoms with van der Waals surface area (Å²) in [5, 5.41) is 10.5. The molecule has 0 spiro atoms. The zero-order valence-corrected chi connectivity index (χ0v) is 9.84. The maximum absolute atomic E-state index is 11.4. The molecule has 2 aromatic rings. The van der Waals surface area contributed by atoms with Crippen LogP contribution in [0.4, 0.5) is 0 Å². The summed E-state index contributed by atoms with van der Waals surface area (Å²) in [6.07, 6.45) is -0.00526. The van der Waals surface area contributed by atoms with Crippen LogP contribution >= 0.6 is 0 Å². The van der Waals surface area contributed by atoms with Crippen LogP contribution < -0.4 is 0 Å². The third-order valence-corrected chi connectivity index (χ3v) is 2.68. The van der Waals surface area contributed by atoms with Crippen molar-refractivity contribution in [3.63, 3.8) is 0 Å². The second-order valence-corrected chi connectivity index (χ2v) is 3.96. The molecule has 0 fully saturated rings. The van der Waals surface area contributed by atoms with Crippen molar-refractivity contribution in [1.29, 1.82) is 0 Å². The molecule has 92 valence electrons. The monoisotopic (exact) mass is 244 g/mol. The number of esters is 1. The number of rotatable bonds is 3. The number of aliphatic carboxylic acids is 1. The number of benzene rings is 2. The lowest BCUT2D eigenvalue weighted by Crippen LogP contribution is -2.01. The van der Waals surface area contributed by atoms with E-state index in [1.54, 1.807) is 30.3 Å². The highest BCUT2D eigenvalue weighted by atomic mass is 16.5. The molecule has 0 unspecified atom stereocenters. The minimum absolute atomic E-state index is 0.00526. The number of carbonyl (C=O) groups is 2. The fourth-order valence-corrected chi connectivity index (χ4v) is 1.82. The van der Waals surface area contributed by atoms with Gasteiger partial charge in [0.15, 0.2) is 0 Å². The van der Waals surface area contributed by atoms with Crippen molar-refractivity contribution in [2.45, 2.75) is 6.42 Å². The Morgan fingerprint density at radius 1 is 1.11 bits per heavy atom. The Labute approximate surface area is 104 Å². The third kappa shape index (κ3) is 2.48. The first-order valence-corrected chi connectivity index (χ1v) is 5.43.